The molecule has 1 unspecified atom stereocenters. The standard InChI is InChI=1S/C20H21NO2/c1-14-6-9-19(22)18(10-14)12-21-13-20(23)17-8-7-15-4-2-3-5-16(15)11-17/h2-11,20-23H,12-13H2,1H3. The summed E-state index contributed by atoms with van der Waals surface area (Å²) in [7, 11) is 0. The molecule has 0 aliphatic carbocycles. The van der Waals surface area contributed by atoms with Crippen LogP contribution < -0.4 is 5.32 Å². The summed E-state index contributed by atoms with van der Waals surface area (Å²) >= 11 is 0. The summed E-state index contributed by atoms with van der Waals surface area (Å²) in [6, 6.07) is 19.6. The Kier molecular flexibility index (Phi) is 4.60. The third-order valence-electron chi connectivity index (χ3n) is 4.05. The fourth-order valence-electron chi connectivity index (χ4n) is 2.73. The molecule has 0 fully saturated rings. The van der Waals surface area contributed by atoms with Gasteiger partial charge in [-0.2, -0.15) is 0 Å². The molecule has 3 N–H and O–H groups in total. The summed E-state index contributed by atoms with van der Waals surface area (Å²) < 4.78 is 0. The molecule has 0 saturated heterocycles. The second-order valence-electron chi connectivity index (χ2n) is 5.89. The van der Waals surface area contributed by atoms with Gasteiger partial charge in [0.15, 0.2) is 0 Å². The zero-order valence-corrected chi connectivity index (χ0v) is 13.2. The molecule has 3 nitrogen and oxygen atoms in total. The SMILES string of the molecule is Cc1ccc(O)c(CNCC(O)c2ccc3ccccc3c2)c1. The summed E-state index contributed by atoms with van der Waals surface area (Å²) in [5, 5.41) is 25.7. The van der Waals surface area contributed by atoms with Gasteiger partial charge in [-0.05, 0) is 35.4 Å². The van der Waals surface area contributed by atoms with Crippen LogP contribution in [-0.2, 0) is 6.54 Å². The Morgan fingerprint density at radius 2 is 1.74 bits per heavy atom. The van der Waals surface area contributed by atoms with Crippen LogP contribution in [0.2, 0.25) is 0 Å². The highest BCUT2D eigenvalue weighted by Gasteiger charge is 2.08. The van der Waals surface area contributed by atoms with Gasteiger partial charge in [0.2, 0.25) is 0 Å². The molecule has 0 heterocycles. The molecular weight excluding hydrogens is 286 g/mol. The lowest BCUT2D eigenvalue weighted by molar-refractivity contribution is 0.174. The van der Waals surface area contributed by atoms with Gasteiger partial charge in [-0.1, -0.05) is 54.1 Å². The number of rotatable bonds is 5. The maximum Gasteiger partial charge on any atom is 0.120 e. The van der Waals surface area contributed by atoms with Gasteiger partial charge in [0.05, 0.1) is 6.10 Å². The minimum Gasteiger partial charge on any atom is -0.508 e. The number of phenols is 1. The number of aliphatic hydroxyl groups is 1. The van der Waals surface area contributed by atoms with Crippen LogP contribution in [0.25, 0.3) is 10.8 Å². The number of nitrogens with one attached hydrogen (secondary N) is 1. The van der Waals surface area contributed by atoms with Crippen molar-refractivity contribution in [2.24, 2.45) is 0 Å². The van der Waals surface area contributed by atoms with Crippen molar-refractivity contribution in [3.63, 3.8) is 0 Å². The summed E-state index contributed by atoms with van der Waals surface area (Å²) in [4.78, 5) is 0. The minimum absolute atomic E-state index is 0.281. The number of aryl methyl sites for hydroxylation is 1. The third kappa shape index (κ3) is 3.70. The predicted octanol–water partition coefficient (Wildman–Crippen LogP) is 3.68. The molecular formula is C20H21NO2. The van der Waals surface area contributed by atoms with Gasteiger partial charge in [-0.3, -0.25) is 0 Å². The van der Waals surface area contributed by atoms with Crippen LogP contribution in [0.15, 0.2) is 60.7 Å². The van der Waals surface area contributed by atoms with Crippen molar-refractivity contribution in [1.82, 2.24) is 5.32 Å². The summed E-state index contributed by atoms with van der Waals surface area (Å²) in [5.41, 5.74) is 2.84. The van der Waals surface area contributed by atoms with E-state index in [0.29, 0.717) is 13.1 Å². The van der Waals surface area contributed by atoms with Gasteiger partial charge in [0, 0.05) is 18.7 Å². The average molecular weight is 307 g/mol. The van der Waals surface area contributed by atoms with Gasteiger partial charge in [-0.25, -0.2) is 0 Å². The number of aromatic hydroxyl groups is 1. The van der Waals surface area contributed by atoms with Crippen molar-refractivity contribution in [2.45, 2.75) is 19.6 Å². The number of hydrogen-bond acceptors (Lipinski definition) is 3. The van der Waals surface area contributed by atoms with E-state index in [9.17, 15) is 10.2 Å². The van der Waals surface area contributed by atoms with E-state index in [0.717, 1.165) is 22.1 Å². The van der Waals surface area contributed by atoms with Crippen LogP contribution in [0.1, 0.15) is 22.8 Å². The van der Waals surface area contributed by atoms with Gasteiger partial charge in [-0.15, -0.1) is 0 Å². The Labute approximate surface area is 136 Å². The molecule has 3 aromatic carbocycles. The second kappa shape index (κ2) is 6.82. The lowest BCUT2D eigenvalue weighted by atomic mass is 10.0. The Hall–Kier alpha value is -2.36. The summed E-state index contributed by atoms with van der Waals surface area (Å²) in [5.74, 6) is 0.281. The van der Waals surface area contributed by atoms with E-state index in [1.165, 1.54) is 5.39 Å². The molecule has 1 atom stereocenters. The Bertz CT molecular complexity index is 814. The highest BCUT2D eigenvalue weighted by atomic mass is 16.3. The molecule has 3 aromatic rings. The van der Waals surface area contributed by atoms with Crippen molar-refractivity contribution in [3.05, 3.63) is 77.4 Å². The molecule has 23 heavy (non-hydrogen) atoms. The molecule has 0 radical (unpaired) electrons. The summed E-state index contributed by atoms with van der Waals surface area (Å²) in [6.07, 6.45) is -0.577. The predicted molar refractivity (Wildman–Crippen MR) is 93.5 cm³/mol. The molecule has 0 amide bonds. The van der Waals surface area contributed by atoms with E-state index in [1.54, 1.807) is 6.07 Å². The highest BCUT2D eigenvalue weighted by molar-refractivity contribution is 5.83. The molecule has 0 bridgehead atoms. The minimum atomic E-state index is -0.577. The van der Waals surface area contributed by atoms with E-state index >= 15 is 0 Å². The molecule has 0 saturated carbocycles. The van der Waals surface area contributed by atoms with Crippen molar-refractivity contribution in [1.29, 1.82) is 0 Å². The zero-order valence-electron chi connectivity index (χ0n) is 13.2. The maximum absolute atomic E-state index is 10.4. The fraction of sp³-hybridized carbons (Fsp3) is 0.200. The molecule has 0 aliphatic heterocycles. The first-order chi connectivity index (χ1) is 11.1. The van der Waals surface area contributed by atoms with Gasteiger partial charge in [0.25, 0.3) is 0 Å². The third-order valence-corrected chi connectivity index (χ3v) is 4.05. The molecule has 0 aromatic heterocycles. The Morgan fingerprint density at radius 3 is 2.57 bits per heavy atom. The number of aliphatic hydroxyl groups excluding tert-OH is 1. The molecule has 3 heteroatoms. The van der Waals surface area contributed by atoms with Crippen LogP contribution in [0.3, 0.4) is 0 Å². The first kappa shape index (κ1) is 15.5. The molecule has 0 aliphatic rings. The van der Waals surface area contributed by atoms with Crippen LogP contribution in [0.5, 0.6) is 5.75 Å². The Balaban J connectivity index is 1.64. The van der Waals surface area contributed by atoms with E-state index in [4.69, 9.17) is 0 Å². The van der Waals surface area contributed by atoms with Crippen molar-refractivity contribution < 1.29 is 10.2 Å². The van der Waals surface area contributed by atoms with Gasteiger partial charge < -0.3 is 15.5 Å². The lowest BCUT2D eigenvalue weighted by Gasteiger charge is -2.14. The monoisotopic (exact) mass is 307 g/mol. The molecule has 0 spiro atoms. The quantitative estimate of drug-likeness (QED) is 0.674. The van der Waals surface area contributed by atoms with E-state index in [1.807, 2.05) is 55.5 Å². The van der Waals surface area contributed by atoms with Crippen LogP contribution in [0, 0.1) is 6.92 Å². The number of benzene rings is 3. The maximum atomic E-state index is 10.4. The van der Waals surface area contributed by atoms with Gasteiger partial charge >= 0.3 is 0 Å². The first-order valence-electron chi connectivity index (χ1n) is 7.79. The van der Waals surface area contributed by atoms with Crippen molar-refractivity contribution in [3.8, 4) is 5.75 Å². The summed E-state index contributed by atoms with van der Waals surface area (Å²) in [6.45, 7) is 2.96. The van der Waals surface area contributed by atoms with E-state index < -0.39 is 6.10 Å². The normalized spacial score (nSPS) is 12.4. The highest BCUT2D eigenvalue weighted by Crippen LogP contribution is 2.21. The zero-order chi connectivity index (χ0) is 16.2. The van der Waals surface area contributed by atoms with Crippen molar-refractivity contribution >= 4 is 10.8 Å². The Morgan fingerprint density at radius 1 is 0.957 bits per heavy atom. The molecule has 3 rings (SSSR count). The lowest BCUT2D eigenvalue weighted by Crippen LogP contribution is -2.21. The van der Waals surface area contributed by atoms with Crippen LogP contribution >= 0.6 is 0 Å². The second-order valence-corrected chi connectivity index (χ2v) is 5.89. The van der Waals surface area contributed by atoms with Crippen LogP contribution in [-0.4, -0.2) is 16.8 Å². The average Bonchev–Trinajstić information content (AvgIpc) is 2.57. The van der Waals surface area contributed by atoms with Crippen molar-refractivity contribution in [2.75, 3.05) is 6.54 Å². The van der Waals surface area contributed by atoms with E-state index in [2.05, 4.69) is 11.4 Å². The smallest absolute Gasteiger partial charge is 0.120 e. The van der Waals surface area contributed by atoms with Crippen LogP contribution in [0.4, 0.5) is 0 Å². The molecule has 118 valence electrons. The fourth-order valence-corrected chi connectivity index (χ4v) is 2.73. The largest absolute Gasteiger partial charge is 0.508 e. The number of fused-ring (bicyclic) bond motifs is 1. The first-order valence-corrected chi connectivity index (χ1v) is 7.79. The van der Waals surface area contributed by atoms with Gasteiger partial charge in [0.1, 0.15) is 5.75 Å². The number of hydrogen-bond donors (Lipinski definition) is 3. The van der Waals surface area contributed by atoms with E-state index in [-0.39, 0.29) is 5.75 Å². The number of phenolic OH excluding ortho intramolecular Hbond substituents is 1. The topological polar surface area (TPSA) is 52.5 Å².